The van der Waals surface area contributed by atoms with Crippen molar-refractivity contribution in [3.63, 3.8) is 0 Å². The first kappa shape index (κ1) is 12.3. The lowest BCUT2D eigenvalue weighted by Crippen LogP contribution is -2.35. The van der Waals surface area contributed by atoms with E-state index in [-0.39, 0.29) is 12.2 Å². The number of hydrogen-bond donors (Lipinski definition) is 0. The molecule has 1 saturated carbocycles. The quantitative estimate of drug-likeness (QED) is 0.669. The van der Waals surface area contributed by atoms with Crippen LogP contribution in [0.2, 0.25) is 0 Å². The van der Waals surface area contributed by atoms with Crippen molar-refractivity contribution in [1.29, 1.82) is 0 Å². The molecule has 15 heavy (non-hydrogen) atoms. The van der Waals surface area contributed by atoms with Gasteiger partial charge in [-0.2, -0.15) is 0 Å². The van der Waals surface area contributed by atoms with E-state index in [1.54, 1.807) is 4.90 Å². The van der Waals surface area contributed by atoms with Gasteiger partial charge in [0.05, 0.1) is 6.04 Å². The summed E-state index contributed by atoms with van der Waals surface area (Å²) in [7, 11) is 1.83. The average Bonchev–Trinajstić information content (AvgIpc) is 2.56. The minimum absolute atomic E-state index is 0.137. The fourth-order valence-electron chi connectivity index (χ4n) is 2.01. The van der Waals surface area contributed by atoms with Crippen LogP contribution in [-0.2, 0) is 4.74 Å². The highest BCUT2D eigenvalue weighted by Crippen LogP contribution is 2.30. The van der Waals surface area contributed by atoms with Gasteiger partial charge in [-0.15, -0.1) is 0 Å². The predicted octanol–water partition coefficient (Wildman–Crippen LogP) is 3.19. The van der Waals surface area contributed by atoms with Crippen LogP contribution >= 0.6 is 0 Å². The molecule has 0 N–H and O–H groups in total. The highest BCUT2D eigenvalue weighted by atomic mass is 16.6. The van der Waals surface area contributed by atoms with Gasteiger partial charge in [-0.1, -0.05) is 33.1 Å². The maximum absolute atomic E-state index is 11.0. The van der Waals surface area contributed by atoms with Crippen molar-refractivity contribution in [3.05, 3.63) is 0 Å². The Bertz CT molecular complexity index is 204. The van der Waals surface area contributed by atoms with Gasteiger partial charge in [-0.25, -0.2) is 4.79 Å². The van der Waals surface area contributed by atoms with Gasteiger partial charge in [0.25, 0.3) is 0 Å². The summed E-state index contributed by atoms with van der Waals surface area (Å²) in [6, 6.07) is 0.372. The van der Waals surface area contributed by atoms with Crippen LogP contribution in [0.25, 0.3) is 0 Å². The highest BCUT2D eigenvalue weighted by Gasteiger charge is 2.40. The van der Waals surface area contributed by atoms with E-state index in [9.17, 15) is 4.79 Å². The van der Waals surface area contributed by atoms with E-state index in [1.807, 2.05) is 7.05 Å². The Kier molecular flexibility index (Phi) is 4.92. The number of rotatable bonds is 1. The lowest BCUT2D eigenvalue weighted by Gasteiger charge is -2.25. The molecule has 2 rings (SSSR count). The lowest BCUT2D eigenvalue weighted by molar-refractivity contribution is 0.113. The van der Waals surface area contributed by atoms with E-state index in [1.165, 1.54) is 25.7 Å². The van der Waals surface area contributed by atoms with Crippen LogP contribution in [0.1, 0.15) is 52.4 Å². The Morgan fingerprint density at radius 1 is 1.27 bits per heavy atom. The number of hydrogen-bond acceptors (Lipinski definition) is 2. The lowest BCUT2D eigenvalue weighted by atomic mass is 9.93. The highest BCUT2D eigenvalue weighted by molar-refractivity contribution is 5.70. The van der Waals surface area contributed by atoms with E-state index in [0.29, 0.717) is 6.04 Å². The molecule has 3 heteroatoms. The van der Waals surface area contributed by atoms with Crippen molar-refractivity contribution in [1.82, 2.24) is 4.90 Å². The number of fused-ring (bicyclic) bond motifs is 1. The second-order valence-electron chi connectivity index (χ2n) is 4.38. The summed E-state index contributed by atoms with van der Waals surface area (Å²) in [5.41, 5.74) is 0. The molecule has 2 atom stereocenters. The minimum atomic E-state index is -0.137. The van der Waals surface area contributed by atoms with Gasteiger partial charge in [0, 0.05) is 7.05 Å². The third kappa shape index (κ3) is 3.11. The Labute approximate surface area is 92.8 Å². The Morgan fingerprint density at radius 2 is 1.87 bits per heavy atom. The van der Waals surface area contributed by atoms with Crippen LogP contribution in [0.15, 0.2) is 0 Å². The Morgan fingerprint density at radius 3 is 2.40 bits per heavy atom. The molecule has 0 unspecified atom stereocenters. The Balaban J connectivity index is 0.000000245. The van der Waals surface area contributed by atoms with E-state index in [0.717, 1.165) is 12.8 Å². The summed E-state index contributed by atoms with van der Waals surface area (Å²) in [5, 5.41) is 0. The van der Waals surface area contributed by atoms with Gasteiger partial charge in [-0.05, 0) is 19.3 Å². The Hall–Kier alpha value is -0.730. The number of ether oxygens (including phenoxy) is 1. The molecule has 2 fully saturated rings. The van der Waals surface area contributed by atoms with Crippen LogP contribution < -0.4 is 0 Å². The summed E-state index contributed by atoms with van der Waals surface area (Å²) in [6.07, 6.45) is 7.32. The zero-order valence-corrected chi connectivity index (χ0v) is 10.2. The molecule has 1 aliphatic carbocycles. The zero-order valence-electron chi connectivity index (χ0n) is 10.2. The SMILES string of the molecule is CCCC.CN1C(=O)O[C@@H]2CCCC[C@@H]21. The number of carbonyl (C=O) groups excluding carboxylic acids is 1. The van der Waals surface area contributed by atoms with Gasteiger partial charge in [0.15, 0.2) is 0 Å². The first-order valence-corrected chi connectivity index (χ1v) is 6.14. The van der Waals surface area contributed by atoms with Crippen LogP contribution in [0.5, 0.6) is 0 Å². The average molecular weight is 213 g/mol. The second-order valence-corrected chi connectivity index (χ2v) is 4.38. The van der Waals surface area contributed by atoms with Gasteiger partial charge in [0.2, 0.25) is 0 Å². The third-order valence-electron chi connectivity index (χ3n) is 3.21. The molecule has 88 valence electrons. The van der Waals surface area contributed by atoms with Crippen molar-refractivity contribution >= 4 is 6.09 Å². The molecule has 1 amide bonds. The number of unbranched alkanes of at least 4 members (excludes halogenated alkanes) is 1. The van der Waals surface area contributed by atoms with Gasteiger partial charge in [0.1, 0.15) is 6.10 Å². The van der Waals surface area contributed by atoms with E-state index < -0.39 is 0 Å². The number of carbonyl (C=O) groups is 1. The summed E-state index contributed by atoms with van der Waals surface area (Å²) in [4.78, 5) is 12.8. The van der Waals surface area contributed by atoms with Crippen LogP contribution in [0, 0.1) is 0 Å². The molecule has 0 bridgehead atoms. The van der Waals surface area contributed by atoms with Crippen LogP contribution in [-0.4, -0.2) is 30.2 Å². The van der Waals surface area contributed by atoms with Gasteiger partial charge in [-0.3, -0.25) is 0 Å². The molecule has 0 spiro atoms. The molecule has 0 aromatic heterocycles. The van der Waals surface area contributed by atoms with Crippen LogP contribution in [0.4, 0.5) is 4.79 Å². The molecule has 1 heterocycles. The summed E-state index contributed by atoms with van der Waals surface area (Å²) in [6.45, 7) is 4.36. The van der Waals surface area contributed by atoms with E-state index >= 15 is 0 Å². The molecular weight excluding hydrogens is 190 g/mol. The summed E-state index contributed by atoms with van der Waals surface area (Å²) >= 11 is 0. The maximum atomic E-state index is 11.0. The predicted molar refractivity (Wildman–Crippen MR) is 60.9 cm³/mol. The smallest absolute Gasteiger partial charge is 0.410 e. The zero-order chi connectivity index (χ0) is 11.3. The molecule has 0 radical (unpaired) electrons. The number of amides is 1. The number of likely N-dealkylation sites (N-methyl/N-ethyl adjacent to an activating group) is 1. The molecule has 3 nitrogen and oxygen atoms in total. The summed E-state index contributed by atoms with van der Waals surface area (Å²) in [5.74, 6) is 0. The first-order chi connectivity index (χ1) is 7.20. The molecule has 1 aliphatic heterocycles. The fraction of sp³-hybridized carbons (Fsp3) is 0.917. The molecule has 0 aromatic carbocycles. The summed E-state index contributed by atoms with van der Waals surface area (Å²) < 4.78 is 5.16. The maximum Gasteiger partial charge on any atom is 0.410 e. The minimum Gasteiger partial charge on any atom is -0.444 e. The third-order valence-corrected chi connectivity index (χ3v) is 3.21. The van der Waals surface area contributed by atoms with Crippen molar-refractivity contribution < 1.29 is 9.53 Å². The van der Waals surface area contributed by atoms with E-state index in [4.69, 9.17) is 4.74 Å². The van der Waals surface area contributed by atoms with Crippen molar-refractivity contribution in [3.8, 4) is 0 Å². The van der Waals surface area contributed by atoms with Crippen LogP contribution in [0.3, 0.4) is 0 Å². The normalized spacial score (nSPS) is 29.0. The monoisotopic (exact) mass is 213 g/mol. The molecular formula is C12H23NO2. The first-order valence-electron chi connectivity index (χ1n) is 6.14. The largest absolute Gasteiger partial charge is 0.444 e. The van der Waals surface area contributed by atoms with Gasteiger partial charge < -0.3 is 9.64 Å². The fourth-order valence-corrected chi connectivity index (χ4v) is 2.01. The molecule has 1 saturated heterocycles. The topological polar surface area (TPSA) is 29.5 Å². The van der Waals surface area contributed by atoms with Crippen molar-refractivity contribution in [2.45, 2.75) is 64.5 Å². The van der Waals surface area contributed by atoms with Crippen molar-refractivity contribution in [2.24, 2.45) is 0 Å². The van der Waals surface area contributed by atoms with Crippen molar-refractivity contribution in [2.75, 3.05) is 7.05 Å². The molecule has 2 aliphatic rings. The van der Waals surface area contributed by atoms with Gasteiger partial charge >= 0.3 is 6.09 Å². The standard InChI is InChI=1S/C8H13NO2.C4H10/c1-9-6-4-2-3-5-7(6)11-8(9)10;1-3-4-2/h6-7H,2-5H2,1H3;3-4H2,1-2H3/t6-,7+;/m0./s1. The second kappa shape index (κ2) is 5.99. The van der Waals surface area contributed by atoms with E-state index in [2.05, 4.69) is 13.8 Å². The number of nitrogens with zero attached hydrogens (tertiary/aromatic N) is 1. The molecule has 0 aromatic rings.